The van der Waals surface area contributed by atoms with Crippen molar-refractivity contribution in [3.63, 3.8) is 0 Å². The number of carbonyl (C=O) groups is 1. The second-order valence-electron chi connectivity index (χ2n) is 5.65. The molecule has 22 heavy (non-hydrogen) atoms. The average molecular weight is 300 g/mol. The molecular weight excluding hydrogens is 280 g/mol. The fourth-order valence-corrected chi connectivity index (χ4v) is 2.72. The molecule has 0 bridgehead atoms. The van der Waals surface area contributed by atoms with Crippen molar-refractivity contribution in [1.29, 1.82) is 0 Å². The Labute approximate surface area is 129 Å². The fourth-order valence-electron chi connectivity index (χ4n) is 2.72. The highest BCUT2D eigenvalue weighted by molar-refractivity contribution is 5.90. The molecule has 1 saturated heterocycles. The van der Waals surface area contributed by atoms with Gasteiger partial charge in [0.05, 0.1) is 0 Å². The third-order valence-electron chi connectivity index (χ3n) is 3.90. The monoisotopic (exact) mass is 300 g/mol. The van der Waals surface area contributed by atoms with E-state index in [1.165, 1.54) is 5.56 Å². The van der Waals surface area contributed by atoms with Gasteiger partial charge in [-0.05, 0) is 18.4 Å². The molecule has 6 heteroatoms. The van der Waals surface area contributed by atoms with Crippen LogP contribution in [0.2, 0.25) is 0 Å². The Bertz CT molecular complexity index is 618. The van der Waals surface area contributed by atoms with Crippen LogP contribution >= 0.6 is 0 Å². The van der Waals surface area contributed by atoms with E-state index in [0.29, 0.717) is 5.89 Å². The largest absolute Gasteiger partial charge is 0.346 e. The Kier molecular flexibility index (Phi) is 4.48. The topological polar surface area (TPSA) is 71.3 Å². The number of carbonyl (C=O) groups excluding carboxylic acids is 1. The third-order valence-corrected chi connectivity index (χ3v) is 3.90. The van der Waals surface area contributed by atoms with E-state index < -0.39 is 0 Å². The number of piperidine rings is 1. The van der Waals surface area contributed by atoms with Crippen LogP contribution in [0.5, 0.6) is 0 Å². The second-order valence-corrected chi connectivity index (χ2v) is 5.65. The van der Waals surface area contributed by atoms with Crippen LogP contribution in [-0.2, 0) is 6.54 Å². The van der Waals surface area contributed by atoms with Gasteiger partial charge in [-0.15, -0.1) is 0 Å². The summed E-state index contributed by atoms with van der Waals surface area (Å²) in [7, 11) is 0. The maximum absolute atomic E-state index is 12.0. The normalized spacial score (nSPS) is 16.6. The predicted molar refractivity (Wildman–Crippen MR) is 81.2 cm³/mol. The van der Waals surface area contributed by atoms with Gasteiger partial charge in [-0.25, -0.2) is 0 Å². The minimum atomic E-state index is -0.252. The van der Waals surface area contributed by atoms with Crippen LogP contribution in [0.25, 0.3) is 0 Å². The van der Waals surface area contributed by atoms with Crippen LogP contribution in [-0.4, -0.2) is 40.1 Å². The van der Waals surface area contributed by atoms with Crippen molar-refractivity contribution in [3.8, 4) is 0 Å². The maximum atomic E-state index is 12.0. The Balaban J connectivity index is 1.46. The van der Waals surface area contributed by atoms with Gasteiger partial charge in [0.2, 0.25) is 5.89 Å². The fraction of sp³-hybridized carbons (Fsp3) is 0.438. The van der Waals surface area contributed by atoms with Gasteiger partial charge in [0, 0.05) is 32.6 Å². The molecule has 0 unspecified atom stereocenters. The molecule has 0 saturated carbocycles. The molecule has 116 valence electrons. The van der Waals surface area contributed by atoms with Gasteiger partial charge >= 0.3 is 0 Å². The lowest BCUT2D eigenvalue weighted by atomic mass is 10.0. The molecule has 0 aliphatic carbocycles. The van der Waals surface area contributed by atoms with E-state index in [0.717, 1.165) is 32.5 Å². The van der Waals surface area contributed by atoms with Crippen molar-refractivity contribution < 1.29 is 9.32 Å². The highest BCUT2D eigenvalue weighted by Gasteiger charge is 2.22. The van der Waals surface area contributed by atoms with E-state index in [9.17, 15) is 4.79 Å². The molecule has 1 N–H and O–H groups in total. The minimum absolute atomic E-state index is 0.115. The third kappa shape index (κ3) is 3.71. The summed E-state index contributed by atoms with van der Waals surface area (Å²) in [5, 5.41) is 6.63. The first-order chi connectivity index (χ1) is 10.7. The minimum Gasteiger partial charge on any atom is -0.346 e. The summed E-state index contributed by atoms with van der Waals surface area (Å²) in [6, 6.07) is 10.6. The highest BCUT2D eigenvalue weighted by atomic mass is 16.5. The van der Waals surface area contributed by atoms with Crippen molar-refractivity contribution in [3.05, 3.63) is 47.6 Å². The molecule has 2 heterocycles. The molecule has 0 atom stereocenters. The zero-order chi connectivity index (χ0) is 15.4. The number of likely N-dealkylation sites (tertiary alicyclic amines) is 1. The summed E-state index contributed by atoms with van der Waals surface area (Å²) < 4.78 is 4.83. The number of hydrogen-bond donors (Lipinski definition) is 1. The summed E-state index contributed by atoms with van der Waals surface area (Å²) in [4.78, 5) is 18.3. The smallest absolute Gasteiger partial charge is 0.292 e. The highest BCUT2D eigenvalue weighted by Crippen LogP contribution is 2.14. The van der Waals surface area contributed by atoms with E-state index in [1.807, 2.05) is 6.07 Å². The number of aryl methyl sites for hydroxylation is 1. The predicted octanol–water partition coefficient (Wildman–Crippen LogP) is 1.77. The standard InChI is InChI=1S/C16H20N4O2/c1-12-17-15(19-22-12)16(21)18-14-7-9-20(10-8-14)11-13-5-3-2-4-6-13/h2-6,14H,7-11H2,1H3,(H,18,21). The maximum Gasteiger partial charge on any atom is 0.292 e. The molecule has 1 fully saturated rings. The Morgan fingerprint density at radius 1 is 1.32 bits per heavy atom. The molecule has 1 aliphatic rings. The lowest BCUT2D eigenvalue weighted by Gasteiger charge is -2.32. The molecule has 1 aliphatic heterocycles. The summed E-state index contributed by atoms with van der Waals surface area (Å²) in [5.74, 6) is 0.269. The van der Waals surface area contributed by atoms with Crippen LogP contribution in [0.1, 0.15) is 34.9 Å². The van der Waals surface area contributed by atoms with Gasteiger partial charge in [0.1, 0.15) is 0 Å². The molecule has 6 nitrogen and oxygen atoms in total. The number of amides is 1. The van der Waals surface area contributed by atoms with Gasteiger partial charge in [-0.3, -0.25) is 9.69 Å². The van der Waals surface area contributed by atoms with Gasteiger partial charge in [0.15, 0.2) is 0 Å². The molecule has 2 aromatic rings. The van der Waals surface area contributed by atoms with Crippen LogP contribution in [0.15, 0.2) is 34.9 Å². The van der Waals surface area contributed by atoms with Gasteiger partial charge in [-0.2, -0.15) is 4.98 Å². The Hall–Kier alpha value is -2.21. The van der Waals surface area contributed by atoms with Crippen molar-refractivity contribution in [2.45, 2.75) is 32.4 Å². The van der Waals surface area contributed by atoms with Crippen LogP contribution < -0.4 is 5.32 Å². The number of benzene rings is 1. The van der Waals surface area contributed by atoms with Gasteiger partial charge in [-0.1, -0.05) is 35.5 Å². The number of aromatic nitrogens is 2. The molecule has 1 aromatic carbocycles. The zero-order valence-corrected chi connectivity index (χ0v) is 12.7. The average Bonchev–Trinajstić information content (AvgIpc) is 2.97. The molecular formula is C16H20N4O2. The summed E-state index contributed by atoms with van der Waals surface area (Å²) in [5.41, 5.74) is 1.33. The number of hydrogen-bond acceptors (Lipinski definition) is 5. The summed E-state index contributed by atoms with van der Waals surface area (Å²) in [6.07, 6.45) is 1.88. The lowest BCUT2D eigenvalue weighted by molar-refractivity contribution is 0.0895. The first kappa shape index (κ1) is 14.7. The van der Waals surface area contributed by atoms with Gasteiger partial charge in [0.25, 0.3) is 11.7 Å². The molecule has 3 rings (SSSR count). The molecule has 0 spiro atoms. The van der Waals surface area contributed by atoms with Crippen LogP contribution in [0.4, 0.5) is 0 Å². The lowest BCUT2D eigenvalue weighted by Crippen LogP contribution is -2.44. The zero-order valence-electron chi connectivity index (χ0n) is 12.7. The van der Waals surface area contributed by atoms with Crippen molar-refractivity contribution >= 4 is 5.91 Å². The van der Waals surface area contributed by atoms with Crippen molar-refractivity contribution in [1.82, 2.24) is 20.4 Å². The van der Waals surface area contributed by atoms with E-state index in [4.69, 9.17) is 4.52 Å². The van der Waals surface area contributed by atoms with E-state index in [2.05, 4.69) is 44.6 Å². The Morgan fingerprint density at radius 2 is 2.05 bits per heavy atom. The number of rotatable bonds is 4. The molecule has 1 amide bonds. The molecule has 1 aromatic heterocycles. The number of nitrogens with zero attached hydrogens (tertiary/aromatic N) is 3. The van der Waals surface area contributed by atoms with Crippen LogP contribution in [0, 0.1) is 6.92 Å². The van der Waals surface area contributed by atoms with E-state index in [1.54, 1.807) is 6.92 Å². The van der Waals surface area contributed by atoms with Gasteiger partial charge < -0.3 is 9.84 Å². The quantitative estimate of drug-likeness (QED) is 0.932. The molecule has 0 radical (unpaired) electrons. The van der Waals surface area contributed by atoms with Crippen LogP contribution in [0.3, 0.4) is 0 Å². The first-order valence-corrected chi connectivity index (χ1v) is 7.58. The van der Waals surface area contributed by atoms with Crippen molar-refractivity contribution in [2.75, 3.05) is 13.1 Å². The van der Waals surface area contributed by atoms with E-state index in [-0.39, 0.29) is 17.8 Å². The van der Waals surface area contributed by atoms with Crippen molar-refractivity contribution in [2.24, 2.45) is 0 Å². The van der Waals surface area contributed by atoms with E-state index >= 15 is 0 Å². The summed E-state index contributed by atoms with van der Waals surface area (Å²) in [6.45, 7) is 4.59. The second kappa shape index (κ2) is 6.70. The number of nitrogens with one attached hydrogen (secondary N) is 1. The Morgan fingerprint density at radius 3 is 2.68 bits per heavy atom. The summed E-state index contributed by atoms with van der Waals surface area (Å²) >= 11 is 0. The first-order valence-electron chi connectivity index (χ1n) is 7.58. The SMILES string of the molecule is Cc1nc(C(=O)NC2CCN(Cc3ccccc3)CC2)no1.